The molecule has 0 aromatic carbocycles. The maximum atomic E-state index is 11.8. The molecule has 0 spiro atoms. The quantitative estimate of drug-likeness (QED) is 0.807. The number of rotatable bonds is 6. The van der Waals surface area contributed by atoms with Gasteiger partial charge >= 0.3 is 0 Å². The molecule has 1 heterocycles. The highest BCUT2D eigenvalue weighted by molar-refractivity contribution is 5.40. The summed E-state index contributed by atoms with van der Waals surface area (Å²) in [4.78, 5) is 13.7. The van der Waals surface area contributed by atoms with Gasteiger partial charge in [-0.25, -0.2) is 4.68 Å². The Bertz CT molecular complexity index is 451. The highest BCUT2D eigenvalue weighted by Gasteiger charge is 2.27. The van der Waals surface area contributed by atoms with Crippen molar-refractivity contribution in [2.75, 3.05) is 25.5 Å². The number of anilines is 1. The van der Waals surface area contributed by atoms with Gasteiger partial charge in [0, 0.05) is 32.7 Å². The van der Waals surface area contributed by atoms with Crippen LogP contribution in [0, 0.1) is 5.92 Å². The smallest absolute Gasteiger partial charge is 0.268 e. The van der Waals surface area contributed by atoms with Crippen molar-refractivity contribution in [2.24, 2.45) is 5.92 Å². The minimum atomic E-state index is -0.0397. The van der Waals surface area contributed by atoms with Crippen LogP contribution in [-0.2, 0) is 6.54 Å². The van der Waals surface area contributed by atoms with Crippen molar-refractivity contribution in [1.29, 1.82) is 0 Å². The minimum Gasteiger partial charge on any atom is -0.376 e. The van der Waals surface area contributed by atoms with Crippen molar-refractivity contribution in [3.05, 3.63) is 22.6 Å². The zero-order chi connectivity index (χ0) is 13.1. The van der Waals surface area contributed by atoms with E-state index >= 15 is 0 Å². The molecule has 1 aliphatic rings. The van der Waals surface area contributed by atoms with Crippen LogP contribution in [0.4, 0.5) is 5.69 Å². The van der Waals surface area contributed by atoms with Gasteiger partial charge in [0.25, 0.3) is 5.56 Å². The predicted molar refractivity (Wildman–Crippen MR) is 73.0 cm³/mol. The number of hydrogen-bond acceptors (Lipinski definition) is 4. The molecule has 1 aromatic heterocycles. The molecule has 100 valence electrons. The Labute approximate surface area is 108 Å². The molecule has 1 unspecified atom stereocenters. The molecule has 0 aliphatic heterocycles. The van der Waals surface area contributed by atoms with Crippen molar-refractivity contribution in [3.8, 4) is 0 Å². The van der Waals surface area contributed by atoms with Crippen molar-refractivity contribution in [2.45, 2.75) is 32.4 Å². The summed E-state index contributed by atoms with van der Waals surface area (Å²) in [6, 6.07) is 2.18. The molecule has 18 heavy (non-hydrogen) atoms. The molecule has 1 fully saturated rings. The second-order valence-electron chi connectivity index (χ2n) is 5.25. The lowest BCUT2D eigenvalue weighted by Gasteiger charge is -2.14. The summed E-state index contributed by atoms with van der Waals surface area (Å²) in [5.41, 5.74) is 0.803. The van der Waals surface area contributed by atoms with Gasteiger partial charge in [-0.05, 0) is 25.7 Å². The topological polar surface area (TPSA) is 50.2 Å². The Kier molecular flexibility index (Phi) is 4.01. The standard InChI is InChI=1S/C13H22N4O/c1-10(11-4-5-11)14-6-7-17-13(18)8-12(9-15-17)16(2)3/h8-11,14H,4-7H2,1-3H3. The lowest BCUT2D eigenvalue weighted by atomic mass is 10.2. The van der Waals surface area contributed by atoms with Crippen molar-refractivity contribution in [1.82, 2.24) is 15.1 Å². The van der Waals surface area contributed by atoms with E-state index in [4.69, 9.17) is 0 Å². The van der Waals surface area contributed by atoms with Crippen LogP contribution in [0.3, 0.4) is 0 Å². The van der Waals surface area contributed by atoms with Crippen LogP contribution in [0.2, 0.25) is 0 Å². The second kappa shape index (κ2) is 5.52. The third kappa shape index (κ3) is 3.32. The molecule has 2 rings (SSSR count). The summed E-state index contributed by atoms with van der Waals surface area (Å²) >= 11 is 0. The summed E-state index contributed by atoms with van der Waals surface area (Å²) in [6.45, 7) is 3.64. The van der Waals surface area contributed by atoms with Gasteiger partial charge in [0.2, 0.25) is 0 Å². The van der Waals surface area contributed by atoms with Crippen LogP contribution in [0.15, 0.2) is 17.1 Å². The molecule has 1 aromatic rings. The van der Waals surface area contributed by atoms with Crippen LogP contribution < -0.4 is 15.8 Å². The van der Waals surface area contributed by atoms with Crippen LogP contribution in [0.1, 0.15) is 19.8 Å². The summed E-state index contributed by atoms with van der Waals surface area (Å²) in [7, 11) is 3.80. The van der Waals surface area contributed by atoms with E-state index in [0.29, 0.717) is 12.6 Å². The first-order chi connectivity index (χ1) is 8.58. The van der Waals surface area contributed by atoms with E-state index in [1.807, 2.05) is 19.0 Å². The molecule has 5 heteroatoms. The van der Waals surface area contributed by atoms with E-state index < -0.39 is 0 Å². The number of aromatic nitrogens is 2. The van der Waals surface area contributed by atoms with Gasteiger partial charge in [-0.1, -0.05) is 0 Å². The maximum Gasteiger partial charge on any atom is 0.268 e. The molecular formula is C13H22N4O. The van der Waals surface area contributed by atoms with Crippen LogP contribution >= 0.6 is 0 Å². The van der Waals surface area contributed by atoms with E-state index in [1.165, 1.54) is 17.5 Å². The van der Waals surface area contributed by atoms with Gasteiger partial charge in [-0.3, -0.25) is 4.79 Å². The van der Waals surface area contributed by atoms with E-state index in [1.54, 1.807) is 12.3 Å². The van der Waals surface area contributed by atoms with Gasteiger partial charge in [0.05, 0.1) is 18.4 Å². The number of nitrogens with zero attached hydrogens (tertiary/aromatic N) is 3. The first kappa shape index (κ1) is 13.1. The average Bonchev–Trinajstić information content (AvgIpc) is 3.14. The molecular weight excluding hydrogens is 228 g/mol. The summed E-state index contributed by atoms with van der Waals surface area (Å²) in [6.07, 6.45) is 4.40. The largest absolute Gasteiger partial charge is 0.376 e. The maximum absolute atomic E-state index is 11.8. The molecule has 1 saturated carbocycles. The third-order valence-electron chi connectivity index (χ3n) is 3.49. The van der Waals surface area contributed by atoms with Crippen LogP contribution in [0.5, 0.6) is 0 Å². The van der Waals surface area contributed by atoms with Crippen molar-refractivity contribution < 1.29 is 0 Å². The number of nitrogens with one attached hydrogen (secondary N) is 1. The van der Waals surface area contributed by atoms with E-state index in [0.717, 1.165) is 18.2 Å². The second-order valence-corrected chi connectivity index (χ2v) is 5.25. The Morgan fingerprint density at radius 2 is 2.28 bits per heavy atom. The molecule has 0 bridgehead atoms. The van der Waals surface area contributed by atoms with E-state index in [9.17, 15) is 4.79 Å². The molecule has 1 aliphatic carbocycles. The highest BCUT2D eigenvalue weighted by Crippen LogP contribution is 2.32. The molecule has 5 nitrogen and oxygen atoms in total. The third-order valence-corrected chi connectivity index (χ3v) is 3.49. The number of hydrogen-bond donors (Lipinski definition) is 1. The first-order valence-electron chi connectivity index (χ1n) is 6.56. The van der Waals surface area contributed by atoms with Gasteiger partial charge < -0.3 is 10.2 Å². The lowest BCUT2D eigenvalue weighted by molar-refractivity contribution is 0.455. The zero-order valence-corrected chi connectivity index (χ0v) is 11.4. The fourth-order valence-corrected chi connectivity index (χ4v) is 2.00. The van der Waals surface area contributed by atoms with Crippen LogP contribution in [0.25, 0.3) is 0 Å². The Balaban J connectivity index is 1.87. The van der Waals surface area contributed by atoms with E-state index in [2.05, 4.69) is 17.3 Å². The first-order valence-corrected chi connectivity index (χ1v) is 6.56. The van der Waals surface area contributed by atoms with Gasteiger partial charge in [-0.15, -0.1) is 0 Å². The summed E-state index contributed by atoms with van der Waals surface area (Å²) < 4.78 is 1.51. The van der Waals surface area contributed by atoms with Crippen LogP contribution in [-0.4, -0.2) is 36.5 Å². The normalized spacial score (nSPS) is 16.6. The summed E-state index contributed by atoms with van der Waals surface area (Å²) in [5.74, 6) is 0.839. The Hall–Kier alpha value is -1.36. The summed E-state index contributed by atoms with van der Waals surface area (Å²) in [5, 5.41) is 7.63. The lowest BCUT2D eigenvalue weighted by Crippen LogP contribution is -2.34. The Morgan fingerprint density at radius 1 is 1.56 bits per heavy atom. The molecule has 1 atom stereocenters. The van der Waals surface area contributed by atoms with Crippen molar-refractivity contribution >= 4 is 5.69 Å². The molecule has 0 amide bonds. The monoisotopic (exact) mass is 250 g/mol. The average molecular weight is 250 g/mol. The minimum absolute atomic E-state index is 0.0397. The zero-order valence-electron chi connectivity index (χ0n) is 11.4. The molecule has 0 radical (unpaired) electrons. The fraction of sp³-hybridized carbons (Fsp3) is 0.692. The predicted octanol–water partition coefficient (Wildman–Crippen LogP) is 0.697. The SMILES string of the molecule is CC(NCCn1ncc(N(C)C)cc1=O)C1CC1. The van der Waals surface area contributed by atoms with E-state index in [-0.39, 0.29) is 5.56 Å². The van der Waals surface area contributed by atoms with Gasteiger partial charge in [0.15, 0.2) is 0 Å². The Morgan fingerprint density at radius 3 is 2.83 bits per heavy atom. The van der Waals surface area contributed by atoms with Crippen molar-refractivity contribution in [3.63, 3.8) is 0 Å². The highest BCUT2D eigenvalue weighted by atomic mass is 16.1. The fourth-order valence-electron chi connectivity index (χ4n) is 2.00. The molecule has 0 saturated heterocycles. The van der Waals surface area contributed by atoms with Gasteiger partial charge in [-0.2, -0.15) is 5.10 Å². The molecule has 1 N–H and O–H groups in total. The van der Waals surface area contributed by atoms with Gasteiger partial charge in [0.1, 0.15) is 0 Å².